The van der Waals surface area contributed by atoms with E-state index >= 15 is 0 Å². The molecular formula is C20H27N3O. The number of amides is 1. The number of anilines is 1. The molecule has 1 atom stereocenters. The lowest BCUT2D eigenvalue weighted by molar-refractivity contribution is 0.0942. The molecule has 24 heavy (non-hydrogen) atoms. The Labute approximate surface area is 145 Å². The topological polar surface area (TPSA) is 35.6 Å². The van der Waals surface area contributed by atoms with Gasteiger partial charge in [0.25, 0.3) is 5.91 Å². The van der Waals surface area contributed by atoms with E-state index in [2.05, 4.69) is 39.4 Å². The van der Waals surface area contributed by atoms with Crippen LogP contribution >= 0.6 is 0 Å². The number of benzene rings is 2. The molecular weight excluding hydrogens is 298 g/mol. The summed E-state index contributed by atoms with van der Waals surface area (Å²) in [5, 5.41) is 3.04. The smallest absolute Gasteiger partial charge is 0.251 e. The zero-order valence-electron chi connectivity index (χ0n) is 15.2. The first-order chi connectivity index (χ1) is 11.4. The van der Waals surface area contributed by atoms with Gasteiger partial charge in [0.05, 0.1) is 6.04 Å². The lowest BCUT2D eigenvalue weighted by Gasteiger charge is -2.26. The third-order valence-electron chi connectivity index (χ3n) is 4.19. The second-order valence-corrected chi connectivity index (χ2v) is 6.54. The molecule has 0 bridgehead atoms. The lowest BCUT2D eigenvalue weighted by Crippen LogP contribution is -2.34. The Morgan fingerprint density at radius 1 is 0.958 bits per heavy atom. The number of aryl methyl sites for hydroxylation is 1. The Morgan fingerprint density at radius 2 is 1.54 bits per heavy atom. The molecule has 0 saturated carbocycles. The Hall–Kier alpha value is -2.33. The third kappa shape index (κ3) is 4.59. The van der Waals surface area contributed by atoms with Gasteiger partial charge < -0.3 is 15.1 Å². The van der Waals surface area contributed by atoms with Crippen LogP contribution in [0.4, 0.5) is 5.69 Å². The van der Waals surface area contributed by atoms with Crippen LogP contribution in [0.2, 0.25) is 0 Å². The van der Waals surface area contributed by atoms with Gasteiger partial charge in [0, 0.05) is 31.9 Å². The minimum absolute atomic E-state index is 0.0354. The number of hydrogen-bond donors (Lipinski definition) is 1. The standard InChI is InChI=1S/C20H27N3O/c1-15-6-8-17(9-7-15)20(24)21-14-19(23(4)5)16-10-12-18(13-11-16)22(2)3/h6-13,19H,14H2,1-5H3,(H,21,24). The van der Waals surface area contributed by atoms with Crippen molar-refractivity contribution >= 4 is 11.6 Å². The zero-order valence-corrected chi connectivity index (χ0v) is 15.2. The predicted molar refractivity (Wildman–Crippen MR) is 101 cm³/mol. The van der Waals surface area contributed by atoms with Crippen LogP contribution in [0.1, 0.15) is 27.5 Å². The number of nitrogens with zero attached hydrogens (tertiary/aromatic N) is 2. The van der Waals surface area contributed by atoms with E-state index in [4.69, 9.17) is 0 Å². The van der Waals surface area contributed by atoms with E-state index in [0.29, 0.717) is 12.1 Å². The highest BCUT2D eigenvalue weighted by molar-refractivity contribution is 5.94. The van der Waals surface area contributed by atoms with Crippen LogP contribution < -0.4 is 10.2 Å². The van der Waals surface area contributed by atoms with Crippen molar-refractivity contribution in [2.75, 3.05) is 39.6 Å². The van der Waals surface area contributed by atoms with Crippen molar-refractivity contribution in [1.29, 1.82) is 0 Å². The van der Waals surface area contributed by atoms with Crippen LogP contribution in [0.5, 0.6) is 0 Å². The summed E-state index contributed by atoms with van der Waals surface area (Å²) in [7, 11) is 8.12. The van der Waals surface area contributed by atoms with E-state index in [9.17, 15) is 4.79 Å². The quantitative estimate of drug-likeness (QED) is 0.886. The van der Waals surface area contributed by atoms with Crippen LogP contribution in [0, 0.1) is 6.92 Å². The number of carbonyl (C=O) groups excluding carboxylic acids is 1. The van der Waals surface area contributed by atoms with E-state index < -0.39 is 0 Å². The monoisotopic (exact) mass is 325 g/mol. The lowest BCUT2D eigenvalue weighted by atomic mass is 10.0. The molecule has 0 spiro atoms. The summed E-state index contributed by atoms with van der Waals surface area (Å²) in [6.07, 6.45) is 0. The number of hydrogen-bond acceptors (Lipinski definition) is 3. The van der Waals surface area contributed by atoms with Crippen molar-refractivity contribution in [3.8, 4) is 0 Å². The molecule has 2 rings (SSSR count). The van der Waals surface area contributed by atoms with Gasteiger partial charge in [-0.15, -0.1) is 0 Å². The Balaban J connectivity index is 2.05. The van der Waals surface area contributed by atoms with Crippen molar-refractivity contribution < 1.29 is 4.79 Å². The molecule has 0 heterocycles. The molecule has 2 aromatic carbocycles. The zero-order chi connectivity index (χ0) is 17.7. The summed E-state index contributed by atoms with van der Waals surface area (Å²) in [5.41, 5.74) is 4.20. The largest absolute Gasteiger partial charge is 0.378 e. The van der Waals surface area contributed by atoms with Gasteiger partial charge in [-0.1, -0.05) is 29.8 Å². The summed E-state index contributed by atoms with van der Waals surface area (Å²) in [4.78, 5) is 16.5. The third-order valence-corrected chi connectivity index (χ3v) is 4.19. The van der Waals surface area contributed by atoms with Gasteiger partial charge in [0.15, 0.2) is 0 Å². The van der Waals surface area contributed by atoms with Crippen LogP contribution in [0.3, 0.4) is 0 Å². The molecule has 0 aliphatic heterocycles. The van der Waals surface area contributed by atoms with E-state index in [-0.39, 0.29) is 11.9 Å². The van der Waals surface area contributed by atoms with Crippen molar-refractivity contribution in [3.05, 3.63) is 65.2 Å². The highest BCUT2D eigenvalue weighted by atomic mass is 16.1. The van der Waals surface area contributed by atoms with Gasteiger partial charge in [-0.2, -0.15) is 0 Å². The summed E-state index contributed by atoms with van der Waals surface area (Å²) in [5.74, 6) is -0.0354. The minimum atomic E-state index is -0.0354. The molecule has 1 N–H and O–H groups in total. The first kappa shape index (κ1) is 18.0. The van der Waals surface area contributed by atoms with Crippen molar-refractivity contribution in [2.45, 2.75) is 13.0 Å². The molecule has 1 unspecified atom stereocenters. The molecule has 0 saturated heterocycles. The normalized spacial score (nSPS) is 12.1. The van der Waals surface area contributed by atoms with Gasteiger partial charge in [-0.25, -0.2) is 0 Å². The highest BCUT2D eigenvalue weighted by Gasteiger charge is 2.16. The van der Waals surface area contributed by atoms with E-state index in [1.807, 2.05) is 59.4 Å². The number of likely N-dealkylation sites (N-methyl/N-ethyl adjacent to an activating group) is 1. The first-order valence-corrected chi connectivity index (χ1v) is 8.17. The Morgan fingerprint density at radius 3 is 2.04 bits per heavy atom. The van der Waals surface area contributed by atoms with E-state index in [0.717, 1.165) is 5.56 Å². The van der Waals surface area contributed by atoms with E-state index in [1.165, 1.54) is 11.3 Å². The fraction of sp³-hybridized carbons (Fsp3) is 0.350. The molecule has 0 aromatic heterocycles. The van der Waals surface area contributed by atoms with Crippen LogP contribution in [-0.4, -0.2) is 45.5 Å². The van der Waals surface area contributed by atoms with Gasteiger partial charge >= 0.3 is 0 Å². The fourth-order valence-corrected chi connectivity index (χ4v) is 2.59. The molecule has 4 nitrogen and oxygen atoms in total. The molecule has 0 fully saturated rings. The first-order valence-electron chi connectivity index (χ1n) is 8.17. The summed E-state index contributed by atoms with van der Waals surface area (Å²) in [6, 6.07) is 16.2. The Bertz CT molecular complexity index is 660. The summed E-state index contributed by atoms with van der Waals surface area (Å²) in [6.45, 7) is 2.59. The average Bonchev–Trinajstić information content (AvgIpc) is 2.55. The molecule has 4 heteroatoms. The molecule has 0 aliphatic carbocycles. The maximum absolute atomic E-state index is 12.3. The van der Waals surface area contributed by atoms with Crippen molar-refractivity contribution in [2.24, 2.45) is 0 Å². The molecule has 1 amide bonds. The second kappa shape index (κ2) is 7.97. The van der Waals surface area contributed by atoms with Crippen molar-refractivity contribution in [3.63, 3.8) is 0 Å². The Kier molecular flexibility index (Phi) is 5.99. The number of nitrogens with one attached hydrogen (secondary N) is 1. The maximum atomic E-state index is 12.3. The minimum Gasteiger partial charge on any atom is -0.378 e. The molecule has 0 aliphatic rings. The SMILES string of the molecule is Cc1ccc(C(=O)NCC(c2ccc(N(C)C)cc2)N(C)C)cc1. The van der Waals surface area contributed by atoms with Crippen LogP contribution in [0.15, 0.2) is 48.5 Å². The van der Waals surface area contributed by atoms with Gasteiger partial charge in [-0.3, -0.25) is 4.79 Å². The maximum Gasteiger partial charge on any atom is 0.251 e. The van der Waals surface area contributed by atoms with Gasteiger partial charge in [0.2, 0.25) is 0 Å². The predicted octanol–water partition coefficient (Wildman–Crippen LogP) is 3.09. The molecule has 0 radical (unpaired) electrons. The van der Waals surface area contributed by atoms with E-state index in [1.54, 1.807) is 0 Å². The summed E-state index contributed by atoms with van der Waals surface area (Å²) < 4.78 is 0. The van der Waals surface area contributed by atoms with Crippen LogP contribution in [-0.2, 0) is 0 Å². The van der Waals surface area contributed by atoms with Crippen molar-refractivity contribution in [1.82, 2.24) is 10.2 Å². The molecule has 128 valence electrons. The van der Waals surface area contributed by atoms with Crippen LogP contribution in [0.25, 0.3) is 0 Å². The highest BCUT2D eigenvalue weighted by Crippen LogP contribution is 2.21. The number of rotatable bonds is 6. The van der Waals surface area contributed by atoms with Gasteiger partial charge in [0.1, 0.15) is 0 Å². The summed E-state index contributed by atoms with van der Waals surface area (Å²) >= 11 is 0. The van der Waals surface area contributed by atoms with Gasteiger partial charge in [-0.05, 0) is 50.8 Å². The number of carbonyl (C=O) groups is 1. The average molecular weight is 325 g/mol. The second-order valence-electron chi connectivity index (χ2n) is 6.54. The fourth-order valence-electron chi connectivity index (χ4n) is 2.59. The molecule has 2 aromatic rings.